The van der Waals surface area contributed by atoms with Gasteiger partial charge in [-0.3, -0.25) is 0 Å². The summed E-state index contributed by atoms with van der Waals surface area (Å²) in [5.74, 6) is 0.836. The fourth-order valence-electron chi connectivity index (χ4n) is 1.87. The average Bonchev–Trinajstić information content (AvgIpc) is 2.28. The molecule has 6 heteroatoms. The second kappa shape index (κ2) is 3.82. The first-order valence-electron chi connectivity index (χ1n) is 5.20. The molecule has 3 heterocycles. The van der Waals surface area contributed by atoms with E-state index in [0.717, 1.165) is 11.3 Å². The maximum atomic E-state index is 8.76. The van der Waals surface area contributed by atoms with Crippen molar-refractivity contribution in [1.29, 1.82) is 5.26 Å². The van der Waals surface area contributed by atoms with Gasteiger partial charge in [-0.2, -0.15) is 5.26 Å². The van der Waals surface area contributed by atoms with Crippen LogP contribution in [0.5, 0.6) is 0 Å². The molecule has 0 saturated carbocycles. The Kier molecular flexibility index (Phi) is 2.30. The van der Waals surface area contributed by atoms with Gasteiger partial charge in [0.25, 0.3) is 0 Å². The molecule has 17 heavy (non-hydrogen) atoms. The van der Waals surface area contributed by atoms with Gasteiger partial charge in [0.1, 0.15) is 17.0 Å². The van der Waals surface area contributed by atoms with Crippen molar-refractivity contribution in [3.63, 3.8) is 0 Å². The van der Waals surface area contributed by atoms with Crippen molar-refractivity contribution in [3.05, 3.63) is 23.6 Å². The van der Waals surface area contributed by atoms with E-state index in [1.165, 1.54) is 6.33 Å². The van der Waals surface area contributed by atoms with Crippen molar-refractivity contribution in [2.75, 3.05) is 18.0 Å². The van der Waals surface area contributed by atoms with E-state index in [0.29, 0.717) is 23.8 Å². The Bertz CT molecular complexity index is 615. The average molecular weight is 246 g/mol. The summed E-state index contributed by atoms with van der Waals surface area (Å²) in [6.45, 7) is 1.38. The normalized spacial score (nSPS) is 15.6. The molecule has 1 aliphatic heterocycles. The molecule has 1 fully saturated rings. The van der Waals surface area contributed by atoms with Gasteiger partial charge in [0, 0.05) is 13.1 Å². The number of rotatable bonds is 1. The van der Waals surface area contributed by atoms with Crippen molar-refractivity contribution in [3.8, 4) is 6.07 Å². The van der Waals surface area contributed by atoms with Crippen molar-refractivity contribution in [2.24, 2.45) is 5.92 Å². The third kappa shape index (κ3) is 1.67. The molecule has 0 aromatic carbocycles. The van der Waals surface area contributed by atoms with Crippen LogP contribution in [0.25, 0.3) is 11.0 Å². The number of anilines is 1. The molecule has 0 radical (unpaired) electrons. The number of halogens is 1. The van der Waals surface area contributed by atoms with Gasteiger partial charge in [0.15, 0.2) is 5.82 Å². The van der Waals surface area contributed by atoms with Gasteiger partial charge in [-0.1, -0.05) is 11.6 Å². The van der Waals surface area contributed by atoms with Crippen molar-refractivity contribution >= 4 is 28.5 Å². The zero-order valence-electron chi connectivity index (χ0n) is 8.84. The van der Waals surface area contributed by atoms with Crippen LogP contribution in [0, 0.1) is 17.2 Å². The Labute approximate surface area is 103 Å². The van der Waals surface area contributed by atoms with Crippen molar-refractivity contribution < 1.29 is 0 Å². The van der Waals surface area contributed by atoms with E-state index in [1.54, 1.807) is 6.07 Å². The SMILES string of the molecule is N#CC1CN(c2ncnc3ccc(Cl)nc23)C1. The first-order chi connectivity index (χ1) is 8.28. The Morgan fingerprint density at radius 3 is 2.94 bits per heavy atom. The molecular formula is C11H8ClN5. The first kappa shape index (κ1) is 10.2. The lowest BCUT2D eigenvalue weighted by atomic mass is 10.0. The number of pyridine rings is 1. The highest BCUT2D eigenvalue weighted by Crippen LogP contribution is 2.27. The minimum atomic E-state index is 0.0826. The second-order valence-electron chi connectivity index (χ2n) is 3.93. The van der Waals surface area contributed by atoms with E-state index < -0.39 is 0 Å². The zero-order chi connectivity index (χ0) is 11.8. The van der Waals surface area contributed by atoms with Crippen molar-refractivity contribution in [2.45, 2.75) is 0 Å². The van der Waals surface area contributed by atoms with Crippen LogP contribution < -0.4 is 4.90 Å². The molecule has 3 rings (SSSR count). The Balaban J connectivity index is 2.05. The lowest BCUT2D eigenvalue weighted by molar-refractivity contribution is 0.500. The molecule has 0 aliphatic carbocycles. The maximum Gasteiger partial charge on any atom is 0.158 e. The van der Waals surface area contributed by atoms with Crippen LogP contribution in [0.2, 0.25) is 5.15 Å². The minimum absolute atomic E-state index is 0.0826. The third-order valence-electron chi connectivity index (χ3n) is 2.79. The number of hydrogen-bond acceptors (Lipinski definition) is 5. The molecule has 1 aliphatic rings. The minimum Gasteiger partial charge on any atom is -0.352 e. The molecule has 0 bridgehead atoms. The van der Waals surface area contributed by atoms with Gasteiger partial charge in [0.05, 0.1) is 17.5 Å². The molecule has 0 atom stereocenters. The monoisotopic (exact) mass is 245 g/mol. The Morgan fingerprint density at radius 1 is 1.35 bits per heavy atom. The lowest BCUT2D eigenvalue weighted by Gasteiger charge is -2.36. The summed E-state index contributed by atoms with van der Waals surface area (Å²) < 4.78 is 0. The maximum absolute atomic E-state index is 8.76. The van der Waals surface area contributed by atoms with E-state index in [2.05, 4.69) is 21.0 Å². The molecule has 5 nitrogen and oxygen atoms in total. The number of hydrogen-bond donors (Lipinski definition) is 0. The fraction of sp³-hybridized carbons (Fsp3) is 0.273. The van der Waals surface area contributed by atoms with Crippen LogP contribution in [-0.4, -0.2) is 28.0 Å². The molecule has 0 unspecified atom stereocenters. The van der Waals surface area contributed by atoms with Crippen LogP contribution in [0.3, 0.4) is 0 Å². The van der Waals surface area contributed by atoms with Crippen molar-refractivity contribution in [1.82, 2.24) is 15.0 Å². The molecule has 0 N–H and O–H groups in total. The molecule has 0 spiro atoms. The molecule has 0 amide bonds. The smallest absolute Gasteiger partial charge is 0.158 e. The highest BCUT2D eigenvalue weighted by Gasteiger charge is 2.29. The van der Waals surface area contributed by atoms with Crippen LogP contribution in [0.1, 0.15) is 0 Å². The number of nitrogens with zero attached hydrogens (tertiary/aromatic N) is 5. The molecule has 2 aromatic heterocycles. The fourth-order valence-corrected chi connectivity index (χ4v) is 2.02. The topological polar surface area (TPSA) is 65.7 Å². The van der Waals surface area contributed by atoms with Gasteiger partial charge in [-0.15, -0.1) is 0 Å². The van der Waals surface area contributed by atoms with E-state index >= 15 is 0 Å². The number of nitriles is 1. The quantitative estimate of drug-likeness (QED) is 0.715. The largest absolute Gasteiger partial charge is 0.352 e. The zero-order valence-corrected chi connectivity index (χ0v) is 9.59. The van der Waals surface area contributed by atoms with Gasteiger partial charge < -0.3 is 4.90 Å². The van der Waals surface area contributed by atoms with Crippen LogP contribution in [-0.2, 0) is 0 Å². The van der Waals surface area contributed by atoms with Crippen LogP contribution in [0.15, 0.2) is 18.5 Å². The van der Waals surface area contributed by atoms with Crippen LogP contribution >= 0.6 is 11.6 Å². The van der Waals surface area contributed by atoms with Gasteiger partial charge in [-0.25, -0.2) is 15.0 Å². The first-order valence-corrected chi connectivity index (χ1v) is 5.57. The number of fused-ring (bicyclic) bond motifs is 1. The van der Waals surface area contributed by atoms with Gasteiger partial charge in [-0.05, 0) is 12.1 Å². The number of aromatic nitrogens is 3. The van der Waals surface area contributed by atoms with Gasteiger partial charge >= 0.3 is 0 Å². The van der Waals surface area contributed by atoms with E-state index in [1.807, 2.05) is 11.0 Å². The summed E-state index contributed by atoms with van der Waals surface area (Å²) >= 11 is 5.87. The second-order valence-corrected chi connectivity index (χ2v) is 4.32. The summed E-state index contributed by atoms with van der Waals surface area (Å²) in [6, 6.07) is 5.75. The van der Waals surface area contributed by atoms with E-state index in [4.69, 9.17) is 16.9 Å². The molecule has 2 aromatic rings. The summed E-state index contributed by atoms with van der Waals surface area (Å²) in [7, 11) is 0. The van der Waals surface area contributed by atoms with E-state index in [-0.39, 0.29) is 5.92 Å². The predicted molar refractivity (Wildman–Crippen MR) is 63.7 cm³/mol. The predicted octanol–water partition coefficient (Wildman–Crippen LogP) is 1.64. The lowest BCUT2D eigenvalue weighted by Crippen LogP contribution is -2.46. The summed E-state index contributed by atoms with van der Waals surface area (Å²) in [5.41, 5.74) is 1.45. The third-order valence-corrected chi connectivity index (χ3v) is 3.00. The highest BCUT2D eigenvalue weighted by atomic mass is 35.5. The molecule has 84 valence electrons. The highest BCUT2D eigenvalue weighted by molar-refractivity contribution is 6.29. The van der Waals surface area contributed by atoms with E-state index in [9.17, 15) is 0 Å². The summed E-state index contributed by atoms with van der Waals surface area (Å²) in [4.78, 5) is 14.6. The Hall–Kier alpha value is -1.93. The summed E-state index contributed by atoms with van der Waals surface area (Å²) in [5, 5.41) is 9.18. The van der Waals surface area contributed by atoms with Gasteiger partial charge in [0.2, 0.25) is 0 Å². The molecule has 1 saturated heterocycles. The Morgan fingerprint density at radius 2 is 2.18 bits per heavy atom. The standard InChI is InChI=1S/C11H8ClN5/c12-9-2-1-8-10(16-9)11(15-6-14-8)17-4-7(3-13)5-17/h1-2,6-7H,4-5H2. The van der Waals surface area contributed by atoms with Crippen LogP contribution in [0.4, 0.5) is 5.82 Å². The summed E-state index contributed by atoms with van der Waals surface area (Å²) in [6.07, 6.45) is 1.51. The molecular weight excluding hydrogens is 238 g/mol.